The fraction of sp³-hybridized carbons (Fsp3) is 0.591. The number of unbranched alkanes of at least 4 members (excludes halogenated alkanes) is 3. The average molecular weight is 434 g/mol. The number of amides is 3. The van der Waals surface area contributed by atoms with E-state index in [-0.39, 0.29) is 18.4 Å². The normalized spacial score (nSPS) is 15.6. The zero-order valence-corrected chi connectivity index (χ0v) is 18.5. The SMILES string of the molecule is CCCCCC(CN(O)C=O)C(=O)N(CCCC)NC(=O)C1CNc2ccccc2N1. The first-order chi connectivity index (χ1) is 15.0. The van der Waals surface area contributed by atoms with Gasteiger partial charge in [-0.25, -0.2) is 5.06 Å². The predicted octanol–water partition coefficient (Wildman–Crippen LogP) is 2.60. The zero-order valence-electron chi connectivity index (χ0n) is 18.5. The molecule has 0 spiro atoms. The lowest BCUT2D eigenvalue weighted by Gasteiger charge is -2.32. The van der Waals surface area contributed by atoms with Crippen molar-refractivity contribution >= 4 is 29.6 Å². The van der Waals surface area contributed by atoms with Crippen molar-refractivity contribution in [3.63, 3.8) is 0 Å². The Morgan fingerprint density at radius 1 is 1.19 bits per heavy atom. The monoisotopic (exact) mass is 433 g/mol. The molecule has 2 rings (SSSR count). The number of para-hydroxylation sites is 2. The van der Waals surface area contributed by atoms with E-state index in [9.17, 15) is 19.6 Å². The molecule has 4 N–H and O–H groups in total. The smallest absolute Gasteiger partial charge is 0.262 e. The maximum absolute atomic E-state index is 13.2. The number of nitrogens with zero attached hydrogens (tertiary/aromatic N) is 2. The number of benzene rings is 1. The lowest BCUT2D eigenvalue weighted by Crippen LogP contribution is -2.56. The van der Waals surface area contributed by atoms with Gasteiger partial charge in [-0.15, -0.1) is 0 Å². The van der Waals surface area contributed by atoms with Crippen molar-refractivity contribution in [2.75, 3.05) is 30.3 Å². The molecule has 0 fully saturated rings. The second-order valence-corrected chi connectivity index (χ2v) is 7.86. The highest BCUT2D eigenvalue weighted by atomic mass is 16.5. The number of hydrazine groups is 1. The lowest BCUT2D eigenvalue weighted by molar-refractivity contribution is -0.159. The van der Waals surface area contributed by atoms with Gasteiger partial charge in [-0.3, -0.25) is 30.0 Å². The molecule has 1 aliphatic heterocycles. The largest absolute Gasteiger partial charge is 0.381 e. The summed E-state index contributed by atoms with van der Waals surface area (Å²) >= 11 is 0. The Morgan fingerprint density at radius 3 is 2.58 bits per heavy atom. The number of fused-ring (bicyclic) bond motifs is 1. The number of anilines is 2. The van der Waals surface area contributed by atoms with Crippen LogP contribution in [0.15, 0.2) is 24.3 Å². The number of carbonyl (C=O) groups excluding carboxylic acids is 3. The van der Waals surface area contributed by atoms with Gasteiger partial charge in [0.05, 0.1) is 23.8 Å². The van der Waals surface area contributed by atoms with E-state index in [2.05, 4.69) is 23.0 Å². The number of carbonyl (C=O) groups is 3. The maximum Gasteiger partial charge on any atom is 0.262 e. The zero-order chi connectivity index (χ0) is 22.6. The molecule has 0 bridgehead atoms. The van der Waals surface area contributed by atoms with Gasteiger partial charge in [0.1, 0.15) is 6.04 Å². The maximum atomic E-state index is 13.2. The molecule has 2 unspecified atom stereocenters. The molecule has 3 amide bonds. The Hall–Kier alpha value is -2.81. The van der Waals surface area contributed by atoms with E-state index >= 15 is 0 Å². The quantitative estimate of drug-likeness (QED) is 0.174. The summed E-state index contributed by atoms with van der Waals surface area (Å²) in [6.07, 6.45) is 5.17. The summed E-state index contributed by atoms with van der Waals surface area (Å²) in [4.78, 5) is 37.0. The van der Waals surface area contributed by atoms with Gasteiger partial charge in [0.25, 0.3) is 5.91 Å². The van der Waals surface area contributed by atoms with Gasteiger partial charge in [-0.1, -0.05) is 51.7 Å². The molecule has 9 nitrogen and oxygen atoms in total. The molecule has 0 aromatic heterocycles. The van der Waals surface area contributed by atoms with Gasteiger partial charge >= 0.3 is 0 Å². The summed E-state index contributed by atoms with van der Waals surface area (Å²) in [5.74, 6) is -1.19. The highest BCUT2D eigenvalue weighted by Gasteiger charge is 2.30. The van der Waals surface area contributed by atoms with Gasteiger partial charge < -0.3 is 10.6 Å². The van der Waals surface area contributed by atoms with E-state index in [1.165, 1.54) is 5.01 Å². The minimum atomic E-state index is -0.586. The summed E-state index contributed by atoms with van der Waals surface area (Å²) < 4.78 is 0. The first-order valence-corrected chi connectivity index (χ1v) is 11.1. The molecule has 31 heavy (non-hydrogen) atoms. The third-order valence-corrected chi connectivity index (χ3v) is 5.35. The number of hydrogen-bond acceptors (Lipinski definition) is 6. The van der Waals surface area contributed by atoms with E-state index in [1.807, 2.05) is 31.2 Å². The van der Waals surface area contributed by atoms with Crippen LogP contribution in [0.4, 0.5) is 11.4 Å². The van der Waals surface area contributed by atoms with Crippen molar-refractivity contribution in [2.24, 2.45) is 5.92 Å². The first kappa shape index (κ1) is 24.5. The van der Waals surface area contributed by atoms with Gasteiger partial charge in [0, 0.05) is 13.1 Å². The molecule has 1 aliphatic rings. The fourth-order valence-corrected chi connectivity index (χ4v) is 3.54. The van der Waals surface area contributed by atoms with Crippen molar-refractivity contribution in [2.45, 2.75) is 58.4 Å². The van der Waals surface area contributed by atoms with Crippen LogP contribution in [0.25, 0.3) is 0 Å². The minimum absolute atomic E-state index is 0.0961. The van der Waals surface area contributed by atoms with Crippen LogP contribution in [0.2, 0.25) is 0 Å². The van der Waals surface area contributed by atoms with E-state index in [0.717, 1.165) is 43.5 Å². The van der Waals surface area contributed by atoms with Crippen LogP contribution in [0.3, 0.4) is 0 Å². The van der Waals surface area contributed by atoms with E-state index in [0.29, 0.717) is 31.0 Å². The molecule has 9 heteroatoms. The lowest BCUT2D eigenvalue weighted by atomic mass is 9.99. The predicted molar refractivity (Wildman–Crippen MR) is 119 cm³/mol. The van der Waals surface area contributed by atoms with Crippen LogP contribution >= 0.6 is 0 Å². The Labute approximate surface area is 184 Å². The van der Waals surface area contributed by atoms with Crippen LogP contribution in [-0.2, 0) is 14.4 Å². The van der Waals surface area contributed by atoms with Crippen molar-refractivity contribution in [3.05, 3.63) is 24.3 Å². The van der Waals surface area contributed by atoms with Crippen molar-refractivity contribution in [1.82, 2.24) is 15.5 Å². The summed E-state index contributed by atoms with van der Waals surface area (Å²) in [6.45, 7) is 4.75. The number of hydrogen-bond donors (Lipinski definition) is 4. The molecule has 0 radical (unpaired) electrons. The van der Waals surface area contributed by atoms with Crippen molar-refractivity contribution in [3.8, 4) is 0 Å². The van der Waals surface area contributed by atoms with Crippen LogP contribution in [0, 0.1) is 5.92 Å². The van der Waals surface area contributed by atoms with E-state index in [4.69, 9.17) is 0 Å². The van der Waals surface area contributed by atoms with Crippen molar-refractivity contribution < 1.29 is 19.6 Å². The summed E-state index contributed by atoms with van der Waals surface area (Å²) in [6, 6.07) is 7.10. The first-order valence-electron chi connectivity index (χ1n) is 11.1. The third kappa shape index (κ3) is 7.43. The minimum Gasteiger partial charge on any atom is -0.381 e. The number of rotatable bonds is 12. The Kier molecular flexibility index (Phi) is 10.1. The fourth-order valence-electron chi connectivity index (χ4n) is 3.54. The number of hydroxylamine groups is 2. The molecule has 1 heterocycles. The topological polar surface area (TPSA) is 114 Å². The van der Waals surface area contributed by atoms with Crippen LogP contribution in [-0.4, -0.2) is 59.2 Å². The van der Waals surface area contributed by atoms with Gasteiger partial charge in [-0.2, -0.15) is 0 Å². The highest BCUT2D eigenvalue weighted by Crippen LogP contribution is 2.25. The van der Waals surface area contributed by atoms with E-state index in [1.54, 1.807) is 0 Å². The molecule has 2 atom stereocenters. The second kappa shape index (κ2) is 12.8. The molecule has 1 aromatic rings. The Bertz CT molecular complexity index is 730. The van der Waals surface area contributed by atoms with Crippen LogP contribution < -0.4 is 16.1 Å². The molecular formula is C22H35N5O4. The third-order valence-electron chi connectivity index (χ3n) is 5.35. The Morgan fingerprint density at radius 2 is 1.90 bits per heavy atom. The average Bonchev–Trinajstić information content (AvgIpc) is 2.80. The molecule has 0 saturated carbocycles. The second-order valence-electron chi connectivity index (χ2n) is 7.86. The molecule has 0 saturated heterocycles. The standard InChI is InChI=1S/C22H35N5O4/c1-3-5-7-10-17(15-26(31)16-28)22(30)27(13-6-4-2)25-21(29)20-14-23-18-11-8-9-12-19(18)24-20/h8-9,11-12,16-17,20,23-24,31H,3-7,10,13-15H2,1-2H3,(H,25,29). The van der Waals surface area contributed by atoms with Gasteiger partial charge in [0.15, 0.2) is 0 Å². The summed E-state index contributed by atoms with van der Waals surface area (Å²) in [7, 11) is 0. The van der Waals surface area contributed by atoms with E-state index < -0.39 is 12.0 Å². The molecule has 1 aromatic carbocycles. The molecule has 172 valence electrons. The molecular weight excluding hydrogens is 398 g/mol. The van der Waals surface area contributed by atoms with Crippen LogP contribution in [0.1, 0.15) is 52.4 Å². The van der Waals surface area contributed by atoms with Gasteiger partial charge in [-0.05, 0) is 25.0 Å². The van der Waals surface area contributed by atoms with Crippen LogP contribution in [0.5, 0.6) is 0 Å². The highest BCUT2D eigenvalue weighted by molar-refractivity contribution is 5.90. The van der Waals surface area contributed by atoms with Gasteiger partial charge in [0.2, 0.25) is 12.3 Å². The summed E-state index contributed by atoms with van der Waals surface area (Å²) in [5.41, 5.74) is 4.53. The number of nitrogens with one attached hydrogen (secondary N) is 3. The Balaban J connectivity index is 2.07. The van der Waals surface area contributed by atoms with Crippen molar-refractivity contribution in [1.29, 1.82) is 0 Å². The summed E-state index contributed by atoms with van der Waals surface area (Å²) in [5, 5.41) is 17.9. The molecule has 0 aliphatic carbocycles.